The van der Waals surface area contributed by atoms with Crippen molar-refractivity contribution in [2.24, 2.45) is 5.10 Å². The Kier molecular flexibility index (Phi) is 4.87. The molecule has 2 heterocycles. The fourth-order valence-electron chi connectivity index (χ4n) is 4.05. The van der Waals surface area contributed by atoms with Crippen molar-refractivity contribution < 1.29 is 9.47 Å². The van der Waals surface area contributed by atoms with Crippen LogP contribution in [0.25, 0.3) is 0 Å². The third kappa shape index (κ3) is 3.52. The van der Waals surface area contributed by atoms with Crippen LogP contribution in [0.5, 0.6) is 11.5 Å². The molecule has 0 unspecified atom stereocenters. The normalized spacial score (nSPS) is 19.7. The van der Waals surface area contributed by atoms with E-state index in [-0.39, 0.29) is 18.4 Å². The maximum absolute atomic E-state index is 6.41. The highest BCUT2D eigenvalue weighted by atomic mass is 35.5. The van der Waals surface area contributed by atoms with Crippen LogP contribution < -0.4 is 9.47 Å². The zero-order chi connectivity index (χ0) is 20.7. The first-order chi connectivity index (χ1) is 14.6. The van der Waals surface area contributed by atoms with Gasteiger partial charge in [-0.3, -0.25) is 0 Å². The minimum absolute atomic E-state index is 0.136. The molecule has 2 atom stereocenters. The lowest BCUT2D eigenvalue weighted by Gasteiger charge is -2.38. The molecule has 5 rings (SSSR count). The van der Waals surface area contributed by atoms with Crippen LogP contribution in [0.1, 0.15) is 49.2 Å². The molecule has 0 saturated heterocycles. The molecule has 0 amide bonds. The van der Waals surface area contributed by atoms with Gasteiger partial charge in [-0.1, -0.05) is 41.9 Å². The number of hydrazone groups is 1. The van der Waals surface area contributed by atoms with Gasteiger partial charge in [0.25, 0.3) is 0 Å². The van der Waals surface area contributed by atoms with E-state index in [0.717, 1.165) is 39.8 Å². The number of nitrogens with zero attached hydrogens (tertiary/aromatic N) is 2. The molecule has 2 aliphatic heterocycles. The van der Waals surface area contributed by atoms with Gasteiger partial charge in [-0.15, -0.1) is 0 Å². The number of para-hydroxylation sites is 1. The van der Waals surface area contributed by atoms with Crippen LogP contribution in [-0.2, 0) is 0 Å². The van der Waals surface area contributed by atoms with Gasteiger partial charge in [0.2, 0.25) is 6.23 Å². The van der Waals surface area contributed by atoms with Gasteiger partial charge in [0.1, 0.15) is 11.5 Å². The molecule has 0 N–H and O–H groups in total. The monoisotopic (exact) mass is 418 g/mol. The molecule has 0 saturated carbocycles. The second-order valence-electron chi connectivity index (χ2n) is 7.90. The van der Waals surface area contributed by atoms with E-state index in [9.17, 15) is 0 Å². The molecule has 0 radical (unpaired) electrons. The third-order valence-corrected chi connectivity index (χ3v) is 5.67. The summed E-state index contributed by atoms with van der Waals surface area (Å²) >= 11 is 6.07. The zero-order valence-electron chi connectivity index (χ0n) is 17.0. The molecule has 0 fully saturated rings. The predicted molar refractivity (Wildman–Crippen MR) is 119 cm³/mol. The zero-order valence-corrected chi connectivity index (χ0v) is 17.7. The number of halogens is 1. The molecule has 5 heteroatoms. The van der Waals surface area contributed by atoms with Crippen LogP contribution in [0.4, 0.5) is 0 Å². The summed E-state index contributed by atoms with van der Waals surface area (Å²) < 4.78 is 12.2. The van der Waals surface area contributed by atoms with Gasteiger partial charge in [-0.2, -0.15) is 5.10 Å². The van der Waals surface area contributed by atoms with E-state index < -0.39 is 0 Å². The molecule has 3 aromatic carbocycles. The second kappa shape index (κ2) is 7.69. The number of benzene rings is 3. The Bertz CT molecular complexity index is 1080. The largest absolute Gasteiger partial charge is 0.491 e. The van der Waals surface area contributed by atoms with Crippen molar-refractivity contribution in [2.75, 3.05) is 0 Å². The van der Waals surface area contributed by atoms with Gasteiger partial charge in [-0.25, -0.2) is 5.01 Å². The van der Waals surface area contributed by atoms with Crippen molar-refractivity contribution >= 4 is 17.3 Å². The van der Waals surface area contributed by atoms with E-state index >= 15 is 0 Å². The molecule has 0 aromatic heterocycles. The van der Waals surface area contributed by atoms with Gasteiger partial charge < -0.3 is 9.47 Å². The molecule has 0 bridgehead atoms. The first kappa shape index (κ1) is 19.0. The predicted octanol–water partition coefficient (Wildman–Crippen LogP) is 6.37. The minimum atomic E-state index is -0.289. The first-order valence-electron chi connectivity index (χ1n) is 10.2. The standard InChI is InChI=1S/C25H23ClN2O2/c1-16(2)29-20-13-9-18(10-14-20)25-28-23(21-5-3-4-6-24(21)30-25)15-22(27-28)17-7-11-19(26)12-8-17/h3-14,16,23,25H,15H2,1-2H3/t23-,25+/m1/s1. The summed E-state index contributed by atoms with van der Waals surface area (Å²) in [5.41, 5.74) is 4.35. The Balaban J connectivity index is 1.51. The van der Waals surface area contributed by atoms with Crippen molar-refractivity contribution in [3.05, 3.63) is 94.5 Å². The van der Waals surface area contributed by atoms with E-state index in [4.69, 9.17) is 26.2 Å². The lowest BCUT2D eigenvalue weighted by Crippen LogP contribution is -2.33. The van der Waals surface area contributed by atoms with Crippen molar-refractivity contribution in [2.45, 2.75) is 38.6 Å². The van der Waals surface area contributed by atoms with Crippen LogP contribution in [0.3, 0.4) is 0 Å². The van der Waals surface area contributed by atoms with Crippen molar-refractivity contribution in [3.8, 4) is 11.5 Å². The highest BCUT2D eigenvalue weighted by Crippen LogP contribution is 2.47. The maximum Gasteiger partial charge on any atom is 0.213 e. The molecule has 0 aliphatic carbocycles. The molecule has 30 heavy (non-hydrogen) atoms. The third-order valence-electron chi connectivity index (χ3n) is 5.41. The number of hydrogen-bond acceptors (Lipinski definition) is 4. The van der Waals surface area contributed by atoms with Gasteiger partial charge >= 0.3 is 0 Å². The molecule has 0 spiro atoms. The minimum Gasteiger partial charge on any atom is -0.491 e. The molecule has 2 aliphatic rings. The number of rotatable bonds is 4. The highest BCUT2D eigenvalue weighted by Gasteiger charge is 2.40. The number of ether oxygens (including phenoxy) is 2. The fourth-order valence-corrected chi connectivity index (χ4v) is 4.18. The average molecular weight is 419 g/mol. The van der Waals surface area contributed by atoms with Crippen LogP contribution in [-0.4, -0.2) is 16.8 Å². The Hall–Kier alpha value is -2.98. The second-order valence-corrected chi connectivity index (χ2v) is 8.33. The number of hydrogen-bond donors (Lipinski definition) is 0. The van der Waals surface area contributed by atoms with E-state index in [1.165, 1.54) is 5.56 Å². The van der Waals surface area contributed by atoms with E-state index in [1.807, 2.05) is 62.4 Å². The van der Waals surface area contributed by atoms with Crippen LogP contribution >= 0.6 is 11.6 Å². The van der Waals surface area contributed by atoms with E-state index in [2.05, 4.69) is 29.3 Å². The van der Waals surface area contributed by atoms with Gasteiger partial charge in [0, 0.05) is 22.6 Å². The van der Waals surface area contributed by atoms with E-state index in [1.54, 1.807) is 0 Å². The smallest absolute Gasteiger partial charge is 0.213 e. The van der Waals surface area contributed by atoms with Crippen molar-refractivity contribution in [1.82, 2.24) is 5.01 Å². The maximum atomic E-state index is 6.41. The van der Waals surface area contributed by atoms with Crippen LogP contribution in [0.2, 0.25) is 5.02 Å². The lowest BCUT2D eigenvalue weighted by atomic mass is 9.96. The Morgan fingerprint density at radius 2 is 1.73 bits per heavy atom. The summed E-state index contributed by atoms with van der Waals surface area (Å²) in [5, 5.41) is 7.80. The Morgan fingerprint density at radius 1 is 1.00 bits per heavy atom. The van der Waals surface area contributed by atoms with Crippen molar-refractivity contribution in [1.29, 1.82) is 0 Å². The van der Waals surface area contributed by atoms with E-state index in [0.29, 0.717) is 0 Å². The quantitative estimate of drug-likeness (QED) is 0.493. The lowest BCUT2D eigenvalue weighted by molar-refractivity contribution is -0.0190. The van der Waals surface area contributed by atoms with Crippen LogP contribution in [0, 0.1) is 0 Å². The van der Waals surface area contributed by atoms with Crippen molar-refractivity contribution in [3.63, 3.8) is 0 Å². The fraction of sp³-hybridized carbons (Fsp3) is 0.240. The number of fused-ring (bicyclic) bond motifs is 3. The SMILES string of the molecule is CC(C)Oc1ccc([C@@H]2Oc3ccccc3[C@H]3CC(c4ccc(Cl)cc4)=NN32)cc1. The molecule has 4 nitrogen and oxygen atoms in total. The summed E-state index contributed by atoms with van der Waals surface area (Å²) in [6, 6.07) is 24.3. The topological polar surface area (TPSA) is 34.1 Å². The highest BCUT2D eigenvalue weighted by molar-refractivity contribution is 6.30. The molecular formula is C25H23ClN2O2. The summed E-state index contributed by atoms with van der Waals surface area (Å²) in [4.78, 5) is 0. The average Bonchev–Trinajstić information content (AvgIpc) is 3.20. The van der Waals surface area contributed by atoms with Gasteiger partial charge in [-0.05, 0) is 61.9 Å². The molecule has 3 aromatic rings. The Morgan fingerprint density at radius 3 is 2.47 bits per heavy atom. The Labute approximate surface area is 181 Å². The summed E-state index contributed by atoms with van der Waals surface area (Å²) in [5.74, 6) is 1.77. The summed E-state index contributed by atoms with van der Waals surface area (Å²) in [6.07, 6.45) is 0.679. The summed E-state index contributed by atoms with van der Waals surface area (Å²) in [7, 11) is 0. The van der Waals surface area contributed by atoms with Crippen LogP contribution in [0.15, 0.2) is 77.9 Å². The molecule has 152 valence electrons. The molecular weight excluding hydrogens is 396 g/mol. The van der Waals surface area contributed by atoms with Gasteiger partial charge in [0.15, 0.2) is 0 Å². The summed E-state index contributed by atoms with van der Waals surface area (Å²) in [6.45, 7) is 4.05. The van der Waals surface area contributed by atoms with Gasteiger partial charge in [0.05, 0.1) is 17.9 Å². The first-order valence-corrected chi connectivity index (χ1v) is 10.6.